The fraction of sp³-hybridized carbons (Fsp3) is 0.926. The first kappa shape index (κ1) is 21.8. The van der Waals surface area contributed by atoms with Crippen molar-refractivity contribution in [1.29, 1.82) is 0 Å². The molecule has 0 bridgehead atoms. The maximum absolute atomic E-state index is 13.3. The molecule has 0 aromatic carbocycles. The summed E-state index contributed by atoms with van der Waals surface area (Å²) in [7, 11) is 0. The van der Waals surface area contributed by atoms with Crippen molar-refractivity contribution in [3.63, 3.8) is 0 Å². The lowest BCUT2D eigenvalue weighted by molar-refractivity contribution is -0.140. The monoisotopic (exact) mass is 428 g/mol. The van der Waals surface area contributed by atoms with Gasteiger partial charge in [0.2, 0.25) is 11.8 Å². The largest absolute Gasteiger partial charge is 0.341 e. The Morgan fingerprint density at radius 3 is 1.32 bits per heavy atom. The Hall–Kier alpha value is -1.06. The summed E-state index contributed by atoms with van der Waals surface area (Å²) in [6, 6.07) is 0. The molecular weight excluding hydrogens is 384 g/mol. The Morgan fingerprint density at radius 2 is 0.871 bits per heavy atom. The Balaban J connectivity index is 1.13. The van der Waals surface area contributed by atoms with Crippen molar-refractivity contribution in [3.05, 3.63) is 0 Å². The maximum Gasteiger partial charge on any atom is 0.225 e. The van der Waals surface area contributed by atoms with Gasteiger partial charge in [0.05, 0.1) is 0 Å². The average molecular weight is 429 g/mol. The van der Waals surface area contributed by atoms with E-state index in [2.05, 4.69) is 9.80 Å². The van der Waals surface area contributed by atoms with Crippen molar-refractivity contribution < 1.29 is 9.59 Å². The van der Waals surface area contributed by atoms with Crippen molar-refractivity contribution in [2.75, 3.05) is 26.2 Å². The molecular formula is C27H44N2O2. The van der Waals surface area contributed by atoms with Gasteiger partial charge in [-0.3, -0.25) is 9.59 Å². The van der Waals surface area contributed by atoms with E-state index < -0.39 is 0 Å². The van der Waals surface area contributed by atoms with Gasteiger partial charge in [-0.15, -0.1) is 0 Å². The number of nitrogens with zero attached hydrogens (tertiary/aromatic N) is 2. The number of rotatable bonds is 2. The highest BCUT2D eigenvalue weighted by Crippen LogP contribution is 2.44. The van der Waals surface area contributed by atoms with E-state index in [0.717, 1.165) is 82.0 Å². The molecule has 0 aromatic rings. The van der Waals surface area contributed by atoms with E-state index in [1.54, 1.807) is 0 Å². The van der Waals surface area contributed by atoms with Crippen LogP contribution in [0.25, 0.3) is 0 Å². The van der Waals surface area contributed by atoms with Crippen LogP contribution in [0.4, 0.5) is 0 Å². The maximum atomic E-state index is 13.3. The fourth-order valence-corrected chi connectivity index (χ4v) is 8.07. The van der Waals surface area contributed by atoms with Crippen LogP contribution in [0, 0.1) is 35.5 Å². The predicted molar refractivity (Wildman–Crippen MR) is 123 cm³/mol. The molecule has 31 heavy (non-hydrogen) atoms. The molecule has 6 atom stereocenters. The lowest BCUT2D eigenvalue weighted by atomic mass is 9.67. The number of hydrogen-bond donors (Lipinski definition) is 0. The Labute approximate surface area is 189 Å². The summed E-state index contributed by atoms with van der Waals surface area (Å²) in [5, 5.41) is 0. The Bertz CT molecular complexity index is 595. The van der Waals surface area contributed by atoms with Crippen LogP contribution in [0.1, 0.15) is 96.3 Å². The highest BCUT2D eigenvalue weighted by Gasteiger charge is 2.39. The van der Waals surface area contributed by atoms with Crippen LogP contribution in [-0.4, -0.2) is 47.8 Å². The molecule has 1 heterocycles. The SMILES string of the molecule is O=C(C1CCC2CCCCC2C1)N1CCCN(C(=O)C2CCC3CCCCC3C2)CC1. The van der Waals surface area contributed by atoms with E-state index in [-0.39, 0.29) is 11.8 Å². The molecule has 174 valence electrons. The van der Waals surface area contributed by atoms with Crippen LogP contribution in [-0.2, 0) is 9.59 Å². The molecule has 1 saturated heterocycles. The van der Waals surface area contributed by atoms with Gasteiger partial charge in [0, 0.05) is 38.0 Å². The Kier molecular flexibility index (Phi) is 6.90. The van der Waals surface area contributed by atoms with E-state index in [9.17, 15) is 9.59 Å². The third kappa shape index (κ3) is 4.83. The van der Waals surface area contributed by atoms with Gasteiger partial charge in [-0.2, -0.15) is 0 Å². The van der Waals surface area contributed by atoms with Crippen LogP contribution in [0.15, 0.2) is 0 Å². The molecule has 6 unspecified atom stereocenters. The van der Waals surface area contributed by atoms with Crippen LogP contribution in [0.3, 0.4) is 0 Å². The molecule has 2 amide bonds. The summed E-state index contributed by atoms with van der Waals surface area (Å²) >= 11 is 0. The van der Waals surface area contributed by atoms with Crippen molar-refractivity contribution in [3.8, 4) is 0 Å². The van der Waals surface area contributed by atoms with E-state index in [4.69, 9.17) is 0 Å². The van der Waals surface area contributed by atoms with Gasteiger partial charge < -0.3 is 9.80 Å². The molecule has 4 aliphatic carbocycles. The molecule has 1 aliphatic heterocycles. The average Bonchev–Trinajstić information content (AvgIpc) is 3.09. The second-order valence-electron chi connectivity index (χ2n) is 11.6. The van der Waals surface area contributed by atoms with Gasteiger partial charge in [-0.25, -0.2) is 0 Å². The van der Waals surface area contributed by atoms with Crippen LogP contribution < -0.4 is 0 Å². The predicted octanol–water partition coefficient (Wildman–Crippen LogP) is 5.26. The summed E-state index contributed by atoms with van der Waals surface area (Å²) in [5.74, 6) is 4.71. The third-order valence-corrected chi connectivity index (χ3v) is 9.90. The molecule has 4 heteroatoms. The number of carbonyl (C=O) groups excluding carboxylic acids is 2. The van der Waals surface area contributed by atoms with Gasteiger partial charge in [-0.05, 0) is 68.6 Å². The molecule has 5 aliphatic rings. The van der Waals surface area contributed by atoms with Crippen molar-refractivity contribution in [1.82, 2.24) is 9.80 Å². The normalized spacial score (nSPS) is 39.2. The van der Waals surface area contributed by atoms with Gasteiger partial charge in [0.25, 0.3) is 0 Å². The molecule has 5 rings (SSSR count). The molecule has 0 aromatic heterocycles. The summed E-state index contributed by atoms with van der Waals surface area (Å²) in [6.45, 7) is 3.22. The minimum absolute atomic E-state index is 0.253. The van der Waals surface area contributed by atoms with E-state index in [0.29, 0.717) is 11.8 Å². The fourth-order valence-electron chi connectivity index (χ4n) is 8.07. The molecule has 0 N–H and O–H groups in total. The minimum Gasteiger partial charge on any atom is -0.341 e. The number of amides is 2. The lowest BCUT2D eigenvalue weighted by Gasteiger charge is -2.40. The van der Waals surface area contributed by atoms with Gasteiger partial charge in [0.15, 0.2) is 0 Å². The first-order chi connectivity index (χ1) is 15.2. The van der Waals surface area contributed by atoms with Crippen molar-refractivity contribution in [2.24, 2.45) is 35.5 Å². The van der Waals surface area contributed by atoms with Crippen molar-refractivity contribution in [2.45, 2.75) is 96.3 Å². The molecule has 4 saturated carbocycles. The number of hydrogen-bond acceptors (Lipinski definition) is 2. The highest BCUT2D eigenvalue weighted by molar-refractivity contribution is 5.80. The second kappa shape index (κ2) is 9.83. The zero-order valence-corrected chi connectivity index (χ0v) is 19.6. The number of carbonyl (C=O) groups is 2. The summed E-state index contributed by atoms with van der Waals surface area (Å²) in [5.41, 5.74) is 0. The second-order valence-corrected chi connectivity index (χ2v) is 11.6. The quantitative estimate of drug-likeness (QED) is 0.602. The highest BCUT2D eigenvalue weighted by atomic mass is 16.2. The zero-order valence-electron chi connectivity index (χ0n) is 19.6. The molecule has 5 fully saturated rings. The smallest absolute Gasteiger partial charge is 0.225 e. The van der Waals surface area contributed by atoms with Crippen LogP contribution in [0.5, 0.6) is 0 Å². The third-order valence-electron chi connectivity index (χ3n) is 9.90. The summed E-state index contributed by atoms with van der Waals surface area (Å²) in [6.07, 6.45) is 19.0. The van der Waals surface area contributed by atoms with E-state index in [1.165, 1.54) is 64.2 Å². The van der Waals surface area contributed by atoms with E-state index >= 15 is 0 Å². The Morgan fingerprint density at radius 1 is 0.452 bits per heavy atom. The summed E-state index contributed by atoms with van der Waals surface area (Å²) in [4.78, 5) is 30.9. The summed E-state index contributed by atoms with van der Waals surface area (Å²) < 4.78 is 0. The van der Waals surface area contributed by atoms with Crippen LogP contribution in [0.2, 0.25) is 0 Å². The first-order valence-corrected chi connectivity index (χ1v) is 13.8. The zero-order chi connectivity index (χ0) is 21.2. The van der Waals surface area contributed by atoms with Gasteiger partial charge in [-0.1, -0.05) is 51.4 Å². The van der Waals surface area contributed by atoms with Gasteiger partial charge >= 0.3 is 0 Å². The topological polar surface area (TPSA) is 40.6 Å². The molecule has 0 spiro atoms. The minimum atomic E-state index is 0.253. The lowest BCUT2D eigenvalue weighted by Crippen LogP contribution is -2.44. The molecule has 0 radical (unpaired) electrons. The van der Waals surface area contributed by atoms with Crippen LogP contribution >= 0.6 is 0 Å². The number of fused-ring (bicyclic) bond motifs is 2. The standard InChI is InChI=1S/C27H44N2O2/c30-26(24-12-10-20-6-1-3-8-22(20)18-24)28-14-5-15-29(17-16-28)27(31)25-13-11-21-7-2-4-9-23(21)19-25/h20-25H,1-19H2. The van der Waals surface area contributed by atoms with Gasteiger partial charge in [0.1, 0.15) is 0 Å². The molecule has 4 nitrogen and oxygen atoms in total. The van der Waals surface area contributed by atoms with E-state index in [1.807, 2.05) is 0 Å². The van der Waals surface area contributed by atoms with Crippen molar-refractivity contribution >= 4 is 11.8 Å². The first-order valence-electron chi connectivity index (χ1n) is 13.8.